The molecule has 1 fully saturated rings. The predicted molar refractivity (Wildman–Crippen MR) is 101 cm³/mol. The third-order valence-corrected chi connectivity index (χ3v) is 4.07. The van der Waals surface area contributed by atoms with Gasteiger partial charge in [0, 0.05) is 24.5 Å². The van der Waals surface area contributed by atoms with Gasteiger partial charge in [-0.15, -0.1) is 0 Å². The lowest BCUT2D eigenvalue weighted by Gasteiger charge is -2.17. The standard InChI is InChI=1S/C19H20N6/c1-3-9-15(10-4-1)20-17-22-18(21-16-11-5-2-6-12-16)24-19(23-17)25-13-7-8-14-25/h1-6,9-12H,7-8,13-14H2,(H2,20,21,22,23,24). The largest absolute Gasteiger partial charge is 0.341 e. The summed E-state index contributed by atoms with van der Waals surface area (Å²) in [5, 5.41) is 6.53. The summed E-state index contributed by atoms with van der Waals surface area (Å²) in [6.07, 6.45) is 2.35. The van der Waals surface area contributed by atoms with Crippen molar-refractivity contribution in [2.75, 3.05) is 28.6 Å². The second kappa shape index (κ2) is 7.17. The Labute approximate surface area is 147 Å². The Morgan fingerprint density at radius 3 is 1.60 bits per heavy atom. The van der Waals surface area contributed by atoms with Crippen LogP contribution in [0.4, 0.5) is 29.2 Å². The molecule has 2 N–H and O–H groups in total. The van der Waals surface area contributed by atoms with E-state index in [1.165, 1.54) is 12.8 Å². The molecule has 1 aliphatic rings. The molecule has 0 unspecified atom stereocenters. The van der Waals surface area contributed by atoms with E-state index in [0.717, 1.165) is 24.5 Å². The zero-order chi connectivity index (χ0) is 16.9. The van der Waals surface area contributed by atoms with Gasteiger partial charge in [-0.3, -0.25) is 0 Å². The molecule has 0 saturated carbocycles. The predicted octanol–water partition coefficient (Wildman–Crippen LogP) is 3.96. The summed E-state index contributed by atoms with van der Waals surface area (Å²) in [6, 6.07) is 19.8. The van der Waals surface area contributed by atoms with E-state index in [-0.39, 0.29) is 0 Å². The van der Waals surface area contributed by atoms with Gasteiger partial charge in [0.15, 0.2) is 0 Å². The Morgan fingerprint density at radius 2 is 1.12 bits per heavy atom. The molecule has 0 spiro atoms. The molecule has 6 heteroatoms. The highest BCUT2D eigenvalue weighted by molar-refractivity contribution is 5.59. The topological polar surface area (TPSA) is 66.0 Å². The maximum atomic E-state index is 4.60. The molecular formula is C19H20N6. The van der Waals surface area contributed by atoms with Crippen molar-refractivity contribution in [3.05, 3.63) is 60.7 Å². The molecule has 25 heavy (non-hydrogen) atoms. The summed E-state index contributed by atoms with van der Waals surface area (Å²) in [6.45, 7) is 1.97. The number of hydrogen-bond donors (Lipinski definition) is 2. The molecular weight excluding hydrogens is 312 g/mol. The molecule has 1 aliphatic heterocycles. The van der Waals surface area contributed by atoms with Crippen LogP contribution in [0.1, 0.15) is 12.8 Å². The van der Waals surface area contributed by atoms with Gasteiger partial charge in [-0.1, -0.05) is 36.4 Å². The molecule has 4 rings (SSSR count). The van der Waals surface area contributed by atoms with Gasteiger partial charge in [-0.2, -0.15) is 15.0 Å². The van der Waals surface area contributed by atoms with Crippen LogP contribution in [0.5, 0.6) is 0 Å². The van der Waals surface area contributed by atoms with E-state index in [0.29, 0.717) is 17.8 Å². The van der Waals surface area contributed by atoms with Gasteiger partial charge in [0.1, 0.15) is 0 Å². The van der Waals surface area contributed by atoms with Gasteiger partial charge >= 0.3 is 0 Å². The zero-order valence-electron chi connectivity index (χ0n) is 13.9. The van der Waals surface area contributed by atoms with Crippen LogP contribution in [0.3, 0.4) is 0 Å². The number of nitrogens with zero attached hydrogens (tertiary/aromatic N) is 4. The lowest BCUT2D eigenvalue weighted by Crippen LogP contribution is -2.21. The van der Waals surface area contributed by atoms with Crippen molar-refractivity contribution in [1.29, 1.82) is 0 Å². The number of para-hydroxylation sites is 2. The first-order chi connectivity index (χ1) is 12.4. The summed E-state index contributed by atoms with van der Waals surface area (Å²) in [5.41, 5.74) is 1.90. The number of hydrogen-bond acceptors (Lipinski definition) is 6. The molecule has 126 valence electrons. The maximum absolute atomic E-state index is 4.60. The molecule has 1 saturated heterocycles. The molecule has 0 bridgehead atoms. The van der Waals surface area contributed by atoms with Crippen molar-refractivity contribution < 1.29 is 0 Å². The van der Waals surface area contributed by atoms with E-state index in [1.807, 2.05) is 60.7 Å². The smallest absolute Gasteiger partial charge is 0.233 e. The van der Waals surface area contributed by atoms with E-state index >= 15 is 0 Å². The van der Waals surface area contributed by atoms with E-state index in [9.17, 15) is 0 Å². The quantitative estimate of drug-likeness (QED) is 0.737. The lowest BCUT2D eigenvalue weighted by molar-refractivity contribution is 0.886. The fourth-order valence-corrected chi connectivity index (χ4v) is 2.84. The number of nitrogens with one attached hydrogen (secondary N) is 2. The van der Waals surface area contributed by atoms with Crippen molar-refractivity contribution in [3.8, 4) is 0 Å². The molecule has 2 heterocycles. The minimum Gasteiger partial charge on any atom is -0.341 e. The molecule has 0 amide bonds. The minimum atomic E-state index is 0.543. The second-order valence-electron chi connectivity index (χ2n) is 5.96. The summed E-state index contributed by atoms with van der Waals surface area (Å²) in [4.78, 5) is 15.9. The van der Waals surface area contributed by atoms with Crippen LogP contribution < -0.4 is 15.5 Å². The second-order valence-corrected chi connectivity index (χ2v) is 5.96. The van der Waals surface area contributed by atoms with Crippen LogP contribution in [0.15, 0.2) is 60.7 Å². The average Bonchev–Trinajstić information content (AvgIpc) is 3.18. The Hall–Kier alpha value is -3.15. The van der Waals surface area contributed by atoms with Crippen molar-refractivity contribution >= 4 is 29.2 Å². The summed E-state index contributed by atoms with van der Waals surface area (Å²) < 4.78 is 0. The third-order valence-electron chi connectivity index (χ3n) is 4.07. The van der Waals surface area contributed by atoms with Crippen LogP contribution in [0.25, 0.3) is 0 Å². The van der Waals surface area contributed by atoms with Crippen LogP contribution in [0, 0.1) is 0 Å². The number of aromatic nitrogens is 3. The number of anilines is 5. The van der Waals surface area contributed by atoms with E-state index < -0.39 is 0 Å². The van der Waals surface area contributed by atoms with Gasteiger partial charge in [-0.05, 0) is 37.1 Å². The Balaban J connectivity index is 1.65. The zero-order valence-corrected chi connectivity index (χ0v) is 13.9. The van der Waals surface area contributed by atoms with Crippen molar-refractivity contribution in [2.24, 2.45) is 0 Å². The highest BCUT2D eigenvalue weighted by Crippen LogP contribution is 2.22. The SMILES string of the molecule is c1ccc(Nc2nc(Nc3ccccc3)nc(N3CCCC3)n2)cc1. The normalized spacial score (nSPS) is 13.7. The van der Waals surface area contributed by atoms with Crippen molar-refractivity contribution in [3.63, 3.8) is 0 Å². The Bertz CT molecular complexity index is 756. The number of rotatable bonds is 5. The van der Waals surface area contributed by atoms with Gasteiger partial charge in [0.2, 0.25) is 17.8 Å². The van der Waals surface area contributed by atoms with Crippen LogP contribution in [-0.4, -0.2) is 28.0 Å². The first kappa shape index (κ1) is 15.4. The first-order valence-corrected chi connectivity index (χ1v) is 8.52. The fourth-order valence-electron chi connectivity index (χ4n) is 2.84. The molecule has 0 aliphatic carbocycles. The highest BCUT2D eigenvalue weighted by atomic mass is 15.3. The highest BCUT2D eigenvalue weighted by Gasteiger charge is 2.17. The molecule has 0 radical (unpaired) electrons. The van der Waals surface area contributed by atoms with Crippen LogP contribution in [0.2, 0.25) is 0 Å². The monoisotopic (exact) mass is 332 g/mol. The van der Waals surface area contributed by atoms with Crippen LogP contribution in [-0.2, 0) is 0 Å². The maximum Gasteiger partial charge on any atom is 0.233 e. The summed E-state index contributed by atoms with van der Waals surface area (Å²) >= 11 is 0. The summed E-state index contributed by atoms with van der Waals surface area (Å²) in [5.74, 6) is 1.80. The molecule has 2 aromatic carbocycles. The Kier molecular flexibility index (Phi) is 4.41. The third kappa shape index (κ3) is 3.85. The van der Waals surface area contributed by atoms with Gasteiger partial charge in [0.05, 0.1) is 0 Å². The molecule has 0 atom stereocenters. The van der Waals surface area contributed by atoms with E-state index in [1.54, 1.807) is 0 Å². The van der Waals surface area contributed by atoms with Crippen molar-refractivity contribution in [1.82, 2.24) is 15.0 Å². The van der Waals surface area contributed by atoms with Gasteiger partial charge < -0.3 is 15.5 Å². The van der Waals surface area contributed by atoms with E-state index in [4.69, 9.17) is 0 Å². The van der Waals surface area contributed by atoms with Gasteiger partial charge in [0.25, 0.3) is 0 Å². The Morgan fingerprint density at radius 1 is 0.640 bits per heavy atom. The fraction of sp³-hybridized carbons (Fsp3) is 0.211. The minimum absolute atomic E-state index is 0.543. The lowest BCUT2D eigenvalue weighted by atomic mass is 10.3. The molecule has 1 aromatic heterocycles. The average molecular weight is 332 g/mol. The number of benzene rings is 2. The molecule has 3 aromatic rings. The molecule has 6 nitrogen and oxygen atoms in total. The van der Waals surface area contributed by atoms with Crippen molar-refractivity contribution in [2.45, 2.75) is 12.8 Å². The van der Waals surface area contributed by atoms with Gasteiger partial charge in [-0.25, -0.2) is 0 Å². The summed E-state index contributed by atoms with van der Waals surface area (Å²) in [7, 11) is 0. The first-order valence-electron chi connectivity index (χ1n) is 8.52. The van der Waals surface area contributed by atoms with E-state index in [2.05, 4.69) is 30.5 Å². The van der Waals surface area contributed by atoms with Crippen LogP contribution >= 0.6 is 0 Å².